The fourth-order valence-corrected chi connectivity index (χ4v) is 1.32. The Morgan fingerprint density at radius 3 is 2.48 bits per heavy atom. The van der Waals surface area contributed by atoms with Gasteiger partial charge in [0.1, 0.15) is 5.75 Å². The number of nitrogens with one attached hydrogen (secondary N) is 1. The first-order chi connectivity index (χ1) is 10.0. The van der Waals surface area contributed by atoms with E-state index in [0.717, 1.165) is 0 Å². The molecule has 0 unspecified atom stereocenters. The maximum absolute atomic E-state index is 11.4. The molecular weight excluding hydrogens is 272 g/mol. The fraction of sp³-hybridized carbons (Fsp3) is 0.400. The molecule has 0 atom stereocenters. The lowest BCUT2D eigenvalue weighted by molar-refractivity contribution is -0.150. The number of rotatable bonds is 7. The number of esters is 1. The van der Waals surface area contributed by atoms with E-state index in [1.54, 1.807) is 24.3 Å². The first kappa shape index (κ1) is 16.5. The molecule has 0 aromatic heterocycles. The SMILES string of the molecule is CC(C)CNC(=O)COC(=O)COc1ccc(C#N)cc1. The summed E-state index contributed by atoms with van der Waals surface area (Å²) in [5, 5.41) is 11.3. The molecule has 1 aromatic rings. The topological polar surface area (TPSA) is 88.4 Å². The highest BCUT2D eigenvalue weighted by Gasteiger charge is 2.08. The van der Waals surface area contributed by atoms with Crippen LogP contribution in [0, 0.1) is 17.2 Å². The van der Waals surface area contributed by atoms with Crippen LogP contribution in [0.25, 0.3) is 0 Å². The van der Waals surface area contributed by atoms with E-state index in [1.807, 2.05) is 19.9 Å². The van der Waals surface area contributed by atoms with Crippen LogP contribution in [-0.2, 0) is 14.3 Å². The predicted molar refractivity (Wildman–Crippen MR) is 75.5 cm³/mol. The second-order valence-electron chi connectivity index (χ2n) is 4.78. The zero-order valence-corrected chi connectivity index (χ0v) is 12.1. The summed E-state index contributed by atoms with van der Waals surface area (Å²) in [6.07, 6.45) is 0. The predicted octanol–water partition coefficient (Wildman–Crippen LogP) is 1.25. The van der Waals surface area contributed by atoms with Crippen LogP contribution in [0.3, 0.4) is 0 Å². The lowest BCUT2D eigenvalue weighted by atomic mass is 10.2. The van der Waals surface area contributed by atoms with Crippen LogP contribution in [0.15, 0.2) is 24.3 Å². The second-order valence-corrected chi connectivity index (χ2v) is 4.78. The van der Waals surface area contributed by atoms with E-state index in [1.165, 1.54) is 0 Å². The molecule has 0 saturated heterocycles. The normalized spacial score (nSPS) is 9.81. The Bertz CT molecular complexity index is 517. The van der Waals surface area contributed by atoms with Gasteiger partial charge >= 0.3 is 5.97 Å². The van der Waals surface area contributed by atoms with E-state index < -0.39 is 5.97 Å². The van der Waals surface area contributed by atoms with Crippen molar-refractivity contribution in [1.29, 1.82) is 5.26 Å². The summed E-state index contributed by atoms with van der Waals surface area (Å²) in [6, 6.07) is 8.32. The largest absolute Gasteiger partial charge is 0.482 e. The minimum atomic E-state index is -0.626. The molecule has 0 fully saturated rings. The van der Waals surface area contributed by atoms with Crippen molar-refractivity contribution in [2.24, 2.45) is 5.92 Å². The van der Waals surface area contributed by atoms with Crippen molar-refractivity contribution in [1.82, 2.24) is 5.32 Å². The molecule has 6 nitrogen and oxygen atoms in total. The van der Waals surface area contributed by atoms with Gasteiger partial charge < -0.3 is 14.8 Å². The van der Waals surface area contributed by atoms with Gasteiger partial charge in [0.05, 0.1) is 11.6 Å². The monoisotopic (exact) mass is 290 g/mol. The Morgan fingerprint density at radius 1 is 1.24 bits per heavy atom. The first-order valence-electron chi connectivity index (χ1n) is 6.56. The molecule has 1 rings (SSSR count). The number of nitriles is 1. The fourth-order valence-electron chi connectivity index (χ4n) is 1.32. The van der Waals surface area contributed by atoms with Crippen molar-refractivity contribution >= 4 is 11.9 Å². The molecule has 112 valence electrons. The van der Waals surface area contributed by atoms with Gasteiger partial charge in [0.25, 0.3) is 5.91 Å². The summed E-state index contributed by atoms with van der Waals surface area (Å²) in [5.74, 6) is -0.172. The van der Waals surface area contributed by atoms with Crippen LogP contribution >= 0.6 is 0 Å². The number of benzene rings is 1. The van der Waals surface area contributed by atoms with Gasteiger partial charge in [-0.1, -0.05) is 13.8 Å². The summed E-state index contributed by atoms with van der Waals surface area (Å²) in [7, 11) is 0. The quantitative estimate of drug-likeness (QED) is 0.763. The van der Waals surface area contributed by atoms with Gasteiger partial charge in [0.2, 0.25) is 0 Å². The number of carbonyl (C=O) groups is 2. The van der Waals surface area contributed by atoms with E-state index in [2.05, 4.69) is 5.32 Å². The van der Waals surface area contributed by atoms with Gasteiger partial charge in [-0.2, -0.15) is 5.26 Å². The van der Waals surface area contributed by atoms with Gasteiger partial charge in [-0.05, 0) is 30.2 Å². The van der Waals surface area contributed by atoms with E-state index >= 15 is 0 Å². The van der Waals surface area contributed by atoms with Crippen LogP contribution in [0.5, 0.6) is 5.75 Å². The van der Waals surface area contributed by atoms with E-state index in [4.69, 9.17) is 14.7 Å². The van der Waals surface area contributed by atoms with Crippen molar-refractivity contribution in [3.63, 3.8) is 0 Å². The molecule has 6 heteroatoms. The number of hydrogen-bond donors (Lipinski definition) is 1. The van der Waals surface area contributed by atoms with Gasteiger partial charge in [-0.25, -0.2) is 4.79 Å². The molecule has 0 aliphatic carbocycles. The van der Waals surface area contributed by atoms with Crippen molar-refractivity contribution in [2.45, 2.75) is 13.8 Å². The summed E-state index contributed by atoms with van der Waals surface area (Å²) < 4.78 is 9.96. The highest BCUT2D eigenvalue weighted by molar-refractivity contribution is 5.80. The number of nitrogens with zero attached hydrogens (tertiary/aromatic N) is 1. The lowest BCUT2D eigenvalue weighted by Gasteiger charge is -2.09. The van der Waals surface area contributed by atoms with E-state index in [9.17, 15) is 9.59 Å². The average molecular weight is 290 g/mol. The van der Waals surface area contributed by atoms with Gasteiger partial charge in [0, 0.05) is 6.54 Å². The Kier molecular flexibility index (Phi) is 6.75. The van der Waals surface area contributed by atoms with Crippen LogP contribution in [0.1, 0.15) is 19.4 Å². The molecular formula is C15H18N2O4. The summed E-state index contributed by atoms with van der Waals surface area (Å²) in [4.78, 5) is 22.7. The first-order valence-corrected chi connectivity index (χ1v) is 6.56. The number of ether oxygens (including phenoxy) is 2. The van der Waals surface area contributed by atoms with Crippen molar-refractivity contribution < 1.29 is 19.1 Å². The van der Waals surface area contributed by atoms with Gasteiger partial charge in [-0.15, -0.1) is 0 Å². The molecule has 0 bridgehead atoms. The third-order valence-corrected chi connectivity index (χ3v) is 2.41. The molecule has 0 heterocycles. The number of hydrogen-bond acceptors (Lipinski definition) is 5. The molecule has 0 aliphatic rings. The number of amides is 1. The highest BCUT2D eigenvalue weighted by Crippen LogP contribution is 2.11. The van der Waals surface area contributed by atoms with Crippen molar-refractivity contribution in [3.05, 3.63) is 29.8 Å². The van der Waals surface area contributed by atoms with Crippen LogP contribution < -0.4 is 10.1 Å². The maximum atomic E-state index is 11.4. The van der Waals surface area contributed by atoms with E-state index in [-0.39, 0.29) is 19.1 Å². The average Bonchev–Trinajstić information content (AvgIpc) is 2.49. The Balaban J connectivity index is 2.24. The molecule has 0 radical (unpaired) electrons. The molecule has 1 amide bonds. The van der Waals surface area contributed by atoms with Crippen molar-refractivity contribution in [3.8, 4) is 11.8 Å². The summed E-state index contributed by atoms with van der Waals surface area (Å²) >= 11 is 0. The zero-order valence-electron chi connectivity index (χ0n) is 12.1. The maximum Gasteiger partial charge on any atom is 0.344 e. The van der Waals surface area contributed by atoms with Crippen molar-refractivity contribution in [2.75, 3.05) is 19.8 Å². The molecule has 1 aromatic carbocycles. The van der Waals surface area contributed by atoms with Crippen LogP contribution in [0.4, 0.5) is 0 Å². The van der Waals surface area contributed by atoms with Gasteiger partial charge in [-0.3, -0.25) is 4.79 Å². The lowest BCUT2D eigenvalue weighted by Crippen LogP contribution is -2.32. The molecule has 0 aliphatic heterocycles. The smallest absolute Gasteiger partial charge is 0.344 e. The Morgan fingerprint density at radius 2 is 1.90 bits per heavy atom. The zero-order chi connectivity index (χ0) is 15.7. The van der Waals surface area contributed by atoms with E-state index in [0.29, 0.717) is 23.8 Å². The number of carbonyl (C=O) groups excluding carboxylic acids is 2. The second kappa shape index (κ2) is 8.59. The molecule has 0 spiro atoms. The molecule has 21 heavy (non-hydrogen) atoms. The molecule has 0 saturated carbocycles. The minimum Gasteiger partial charge on any atom is -0.482 e. The standard InChI is InChI=1S/C15H18N2O4/c1-11(2)8-17-14(18)9-21-15(19)10-20-13-5-3-12(7-16)4-6-13/h3-6,11H,8-10H2,1-2H3,(H,17,18). The minimum absolute atomic E-state index is 0.288. The van der Waals surface area contributed by atoms with Crippen LogP contribution in [0.2, 0.25) is 0 Å². The Hall–Kier alpha value is -2.55. The third-order valence-electron chi connectivity index (χ3n) is 2.41. The summed E-state index contributed by atoms with van der Waals surface area (Å²) in [5.41, 5.74) is 0.506. The summed E-state index contributed by atoms with van der Waals surface area (Å²) in [6.45, 7) is 3.87. The molecule has 1 N–H and O–H groups in total. The van der Waals surface area contributed by atoms with Crippen LogP contribution in [-0.4, -0.2) is 31.6 Å². The Labute approximate surface area is 123 Å². The van der Waals surface area contributed by atoms with Gasteiger partial charge in [0.15, 0.2) is 13.2 Å². The highest BCUT2D eigenvalue weighted by atomic mass is 16.6. The third kappa shape index (κ3) is 6.97.